The number of benzene rings is 3. The van der Waals surface area contributed by atoms with Crippen molar-refractivity contribution in [1.82, 2.24) is 0 Å². The number of nitro groups is 1. The second-order valence-corrected chi connectivity index (χ2v) is 8.15. The third-order valence-corrected chi connectivity index (χ3v) is 5.81. The van der Waals surface area contributed by atoms with E-state index < -0.39 is 4.92 Å². The molecule has 7 heteroatoms. The van der Waals surface area contributed by atoms with Crippen LogP contribution in [-0.2, 0) is 4.79 Å². The Hall–Kier alpha value is -3.09. The number of fused-ring (bicyclic) bond motifs is 1. The van der Waals surface area contributed by atoms with Gasteiger partial charge in [0.2, 0.25) is 0 Å². The Bertz CT molecular complexity index is 1170. The molecular formula is C22H15ClN2O3S. The molecule has 0 unspecified atom stereocenters. The van der Waals surface area contributed by atoms with Crippen LogP contribution in [0.25, 0.3) is 11.6 Å². The predicted octanol–water partition coefficient (Wildman–Crippen LogP) is 6.20. The molecule has 0 aromatic heterocycles. The molecule has 0 fully saturated rings. The Labute approximate surface area is 176 Å². The standard InChI is InChI=1S/C22H15ClN2O3S/c1-13-2-6-16(7-3-13)29-21-9-4-14(11-20(21)25(27)28)10-18-17-12-15(23)5-8-19(17)24-22(18)26/h2-12H,1H3,(H,24,26)/b18-10+. The summed E-state index contributed by atoms with van der Waals surface area (Å²) in [4.78, 5) is 25.0. The van der Waals surface area contributed by atoms with Gasteiger partial charge in [-0.15, -0.1) is 0 Å². The van der Waals surface area contributed by atoms with Crippen LogP contribution >= 0.6 is 23.4 Å². The fourth-order valence-corrected chi connectivity index (χ4v) is 4.13. The lowest BCUT2D eigenvalue weighted by Crippen LogP contribution is -2.03. The molecule has 144 valence electrons. The van der Waals surface area contributed by atoms with Crippen LogP contribution < -0.4 is 5.32 Å². The smallest absolute Gasteiger partial charge is 0.283 e. The SMILES string of the molecule is Cc1ccc(Sc2ccc(/C=C3/C(=O)Nc4ccc(Cl)cc43)cc2[N+](=O)[O-])cc1. The van der Waals surface area contributed by atoms with E-state index in [2.05, 4.69) is 5.32 Å². The number of hydrogen-bond acceptors (Lipinski definition) is 4. The summed E-state index contributed by atoms with van der Waals surface area (Å²) < 4.78 is 0. The molecule has 4 rings (SSSR count). The van der Waals surface area contributed by atoms with Gasteiger partial charge in [0.15, 0.2) is 0 Å². The third kappa shape index (κ3) is 4.04. The van der Waals surface area contributed by atoms with E-state index in [0.29, 0.717) is 32.3 Å². The first kappa shape index (κ1) is 19.2. The van der Waals surface area contributed by atoms with Gasteiger partial charge < -0.3 is 5.32 Å². The lowest BCUT2D eigenvalue weighted by atomic mass is 10.0. The van der Waals surface area contributed by atoms with Crippen LogP contribution in [0.3, 0.4) is 0 Å². The Balaban J connectivity index is 1.71. The van der Waals surface area contributed by atoms with E-state index in [0.717, 1.165) is 10.5 Å². The van der Waals surface area contributed by atoms with Gasteiger partial charge in [0.25, 0.3) is 11.6 Å². The van der Waals surface area contributed by atoms with E-state index in [1.165, 1.54) is 17.8 Å². The minimum atomic E-state index is -0.405. The number of rotatable bonds is 4. The van der Waals surface area contributed by atoms with Crippen molar-refractivity contribution in [3.63, 3.8) is 0 Å². The maximum absolute atomic E-state index is 12.3. The highest BCUT2D eigenvalue weighted by Crippen LogP contribution is 2.38. The molecule has 1 amide bonds. The van der Waals surface area contributed by atoms with E-state index in [1.54, 1.807) is 36.4 Å². The first-order chi connectivity index (χ1) is 13.9. The zero-order chi connectivity index (χ0) is 20.5. The zero-order valence-electron chi connectivity index (χ0n) is 15.3. The van der Waals surface area contributed by atoms with Crippen molar-refractivity contribution in [3.05, 3.63) is 92.5 Å². The first-order valence-corrected chi connectivity index (χ1v) is 9.96. The number of anilines is 1. The van der Waals surface area contributed by atoms with Gasteiger partial charge in [-0.3, -0.25) is 14.9 Å². The highest BCUT2D eigenvalue weighted by molar-refractivity contribution is 7.99. The zero-order valence-corrected chi connectivity index (χ0v) is 16.9. The van der Waals surface area contributed by atoms with Gasteiger partial charge in [0.1, 0.15) is 0 Å². The van der Waals surface area contributed by atoms with Crippen molar-refractivity contribution < 1.29 is 9.72 Å². The average molecular weight is 423 g/mol. The summed E-state index contributed by atoms with van der Waals surface area (Å²) in [5, 5.41) is 14.9. The summed E-state index contributed by atoms with van der Waals surface area (Å²) in [6, 6.07) is 17.9. The third-order valence-electron chi connectivity index (χ3n) is 4.50. The first-order valence-electron chi connectivity index (χ1n) is 8.76. The van der Waals surface area contributed by atoms with E-state index in [1.807, 2.05) is 31.2 Å². The van der Waals surface area contributed by atoms with Crippen LogP contribution in [-0.4, -0.2) is 10.8 Å². The van der Waals surface area contributed by atoms with Crippen molar-refractivity contribution in [2.24, 2.45) is 0 Å². The second kappa shape index (κ2) is 7.73. The van der Waals surface area contributed by atoms with Crippen LogP contribution in [0.2, 0.25) is 5.02 Å². The molecule has 3 aromatic carbocycles. The highest BCUT2D eigenvalue weighted by atomic mass is 35.5. The van der Waals surface area contributed by atoms with Gasteiger partial charge in [0, 0.05) is 32.8 Å². The Morgan fingerprint density at radius 2 is 1.83 bits per heavy atom. The van der Waals surface area contributed by atoms with Crippen LogP contribution in [0.1, 0.15) is 16.7 Å². The fourth-order valence-electron chi connectivity index (χ4n) is 3.06. The van der Waals surface area contributed by atoms with E-state index in [4.69, 9.17) is 11.6 Å². The van der Waals surface area contributed by atoms with Gasteiger partial charge in [0.05, 0.1) is 9.82 Å². The van der Waals surface area contributed by atoms with Gasteiger partial charge in [-0.25, -0.2) is 0 Å². The van der Waals surface area contributed by atoms with E-state index >= 15 is 0 Å². The maximum Gasteiger partial charge on any atom is 0.283 e. The van der Waals surface area contributed by atoms with Crippen LogP contribution in [0, 0.1) is 17.0 Å². The average Bonchev–Trinajstić information content (AvgIpc) is 2.99. The molecule has 0 atom stereocenters. The number of amides is 1. The molecule has 29 heavy (non-hydrogen) atoms. The van der Waals surface area contributed by atoms with Crippen LogP contribution in [0.4, 0.5) is 11.4 Å². The van der Waals surface area contributed by atoms with E-state index in [-0.39, 0.29) is 11.6 Å². The van der Waals surface area contributed by atoms with E-state index in [9.17, 15) is 14.9 Å². The summed E-state index contributed by atoms with van der Waals surface area (Å²) in [6.45, 7) is 1.99. The monoisotopic (exact) mass is 422 g/mol. The Morgan fingerprint density at radius 3 is 2.55 bits per heavy atom. The molecule has 0 radical (unpaired) electrons. The molecule has 1 heterocycles. The van der Waals surface area contributed by atoms with Crippen molar-refractivity contribution in [3.8, 4) is 0 Å². The maximum atomic E-state index is 12.3. The number of carbonyl (C=O) groups excluding carboxylic acids is 1. The number of nitrogens with one attached hydrogen (secondary N) is 1. The summed E-state index contributed by atoms with van der Waals surface area (Å²) in [5.74, 6) is -0.261. The molecule has 3 aromatic rings. The molecule has 0 saturated heterocycles. The topological polar surface area (TPSA) is 72.2 Å². The largest absolute Gasteiger partial charge is 0.321 e. The summed E-state index contributed by atoms with van der Waals surface area (Å²) in [6.07, 6.45) is 1.64. The molecule has 0 spiro atoms. The molecule has 1 aliphatic heterocycles. The minimum Gasteiger partial charge on any atom is -0.321 e. The molecule has 5 nitrogen and oxygen atoms in total. The highest BCUT2D eigenvalue weighted by Gasteiger charge is 2.25. The van der Waals surface area contributed by atoms with Crippen LogP contribution in [0.5, 0.6) is 0 Å². The number of halogens is 1. The number of hydrogen-bond donors (Lipinski definition) is 1. The summed E-state index contributed by atoms with van der Waals surface area (Å²) in [7, 11) is 0. The Kier molecular flexibility index (Phi) is 5.13. The van der Waals surface area contributed by atoms with Gasteiger partial charge in [-0.2, -0.15) is 0 Å². The molecule has 0 saturated carbocycles. The number of nitrogens with zero attached hydrogens (tertiary/aromatic N) is 1. The summed E-state index contributed by atoms with van der Waals surface area (Å²) >= 11 is 7.39. The van der Waals surface area contributed by atoms with Gasteiger partial charge in [-0.05, 0) is 55.0 Å². The van der Waals surface area contributed by atoms with Crippen molar-refractivity contribution in [1.29, 1.82) is 0 Å². The fraction of sp³-hybridized carbons (Fsp3) is 0.0455. The van der Waals surface area contributed by atoms with Crippen molar-refractivity contribution >= 4 is 52.3 Å². The Morgan fingerprint density at radius 1 is 1.07 bits per heavy atom. The molecular weight excluding hydrogens is 408 g/mol. The molecule has 0 bridgehead atoms. The van der Waals surface area contributed by atoms with Crippen molar-refractivity contribution in [2.45, 2.75) is 16.7 Å². The predicted molar refractivity (Wildman–Crippen MR) is 116 cm³/mol. The van der Waals surface area contributed by atoms with Gasteiger partial charge in [-0.1, -0.05) is 47.1 Å². The quantitative estimate of drug-likeness (QED) is 0.308. The molecule has 1 N–H and O–H groups in total. The molecule has 0 aliphatic carbocycles. The number of carbonyl (C=O) groups is 1. The minimum absolute atomic E-state index is 0.00496. The van der Waals surface area contributed by atoms with Crippen molar-refractivity contribution in [2.75, 3.05) is 5.32 Å². The lowest BCUT2D eigenvalue weighted by molar-refractivity contribution is -0.387. The number of nitro benzene ring substituents is 1. The normalized spacial score (nSPS) is 14.0. The van der Waals surface area contributed by atoms with Crippen LogP contribution in [0.15, 0.2) is 70.5 Å². The summed E-state index contributed by atoms with van der Waals surface area (Å²) in [5.41, 5.74) is 3.48. The number of aryl methyl sites for hydroxylation is 1. The lowest BCUT2D eigenvalue weighted by Gasteiger charge is -2.05. The second-order valence-electron chi connectivity index (χ2n) is 6.60. The molecule has 1 aliphatic rings. The van der Waals surface area contributed by atoms with Gasteiger partial charge >= 0.3 is 0 Å².